The van der Waals surface area contributed by atoms with Crippen LogP contribution in [0.2, 0.25) is 0 Å². The molecule has 3 aliphatic rings. The minimum Gasteiger partial charge on any atom is -0.310 e. The van der Waals surface area contributed by atoms with Crippen LogP contribution in [0.4, 0.5) is 17.1 Å². The first-order valence-corrected chi connectivity index (χ1v) is 22.7. The van der Waals surface area contributed by atoms with Gasteiger partial charge in [-0.2, -0.15) is 0 Å². The second-order valence-corrected chi connectivity index (χ2v) is 18.3. The number of fused-ring (bicyclic) bond motifs is 8. The van der Waals surface area contributed by atoms with Crippen LogP contribution in [-0.2, 0) is 10.8 Å². The van der Waals surface area contributed by atoms with E-state index in [0.717, 1.165) is 11.4 Å². The van der Waals surface area contributed by atoms with E-state index < -0.39 is 0 Å². The first-order valence-electron chi connectivity index (χ1n) is 22.7. The molecule has 0 unspecified atom stereocenters. The second kappa shape index (κ2) is 14.7. The number of para-hydroxylation sites is 1. The molecule has 63 heavy (non-hydrogen) atoms. The van der Waals surface area contributed by atoms with Crippen molar-refractivity contribution >= 4 is 17.1 Å². The molecule has 0 heterocycles. The van der Waals surface area contributed by atoms with E-state index >= 15 is 0 Å². The number of anilines is 3. The summed E-state index contributed by atoms with van der Waals surface area (Å²) in [5.74, 6) is 0. The average molecular weight is 808 g/mol. The van der Waals surface area contributed by atoms with Crippen LogP contribution in [0.15, 0.2) is 212 Å². The molecule has 9 aromatic carbocycles. The quantitative estimate of drug-likeness (QED) is 0.155. The van der Waals surface area contributed by atoms with Gasteiger partial charge in [0.1, 0.15) is 0 Å². The molecular weight excluding hydrogens is 759 g/mol. The molecule has 0 atom stereocenters. The molecule has 0 amide bonds. The summed E-state index contributed by atoms with van der Waals surface area (Å²) in [6.07, 6.45) is 4.92. The van der Waals surface area contributed by atoms with E-state index in [2.05, 4.69) is 231 Å². The van der Waals surface area contributed by atoms with Crippen LogP contribution < -0.4 is 4.90 Å². The first-order chi connectivity index (χ1) is 31.0. The molecule has 3 aliphatic carbocycles. The van der Waals surface area contributed by atoms with Crippen molar-refractivity contribution in [2.24, 2.45) is 0 Å². The fraction of sp³-hybridized carbons (Fsp3) is 0.129. The zero-order chi connectivity index (χ0) is 42.1. The summed E-state index contributed by atoms with van der Waals surface area (Å²) in [7, 11) is 0. The molecule has 0 aromatic heterocycles. The van der Waals surface area contributed by atoms with Gasteiger partial charge in [0.25, 0.3) is 0 Å². The van der Waals surface area contributed by atoms with Crippen molar-refractivity contribution in [1.82, 2.24) is 0 Å². The number of benzene rings is 9. The minimum atomic E-state index is -0.100. The van der Waals surface area contributed by atoms with Crippen LogP contribution in [0, 0.1) is 0 Å². The highest BCUT2D eigenvalue weighted by Crippen LogP contribution is 2.58. The summed E-state index contributed by atoms with van der Waals surface area (Å²) in [6.45, 7) is 4.76. The minimum absolute atomic E-state index is 0.0583. The largest absolute Gasteiger partial charge is 0.310 e. The van der Waals surface area contributed by atoms with Crippen LogP contribution in [0.1, 0.15) is 61.8 Å². The van der Waals surface area contributed by atoms with Crippen LogP contribution >= 0.6 is 0 Å². The van der Waals surface area contributed by atoms with Gasteiger partial charge in [-0.25, -0.2) is 0 Å². The maximum absolute atomic E-state index is 2.55. The SMILES string of the molecule is CC1(C)c2ccccc2-c2cccc(-c3ccc(N(c4ccc5c(c4)C4(CCCC4)c4ccccc4-5)c4ccccc4-c4ccccc4-c4ccccc4-c4ccccc4)cc3)c21. The fourth-order valence-electron chi connectivity index (χ4n) is 11.8. The number of hydrogen-bond acceptors (Lipinski definition) is 1. The van der Waals surface area contributed by atoms with Gasteiger partial charge in [0.2, 0.25) is 0 Å². The lowest BCUT2D eigenvalue weighted by molar-refractivity contribution is 0.550. The topological polar surface area (TPSA) is 3.24 Å². The Kier molecular flexibility index (Phi) is 8.76. The molecule has 1 nitrogen and oxygen atoms in total. The summed E-state index contributed by atoms with van der Waals surface area (Å²) in [5.41, 5.74) is 24.6. The average Bonchev–Trinajstić information content (AvgIpc) is 4.02. The van der Waals surface area contributed by atoms with Crippen molar-refractivity contribution in [3.05, 3.63) is 235 Å². The highest BCUT2D eigenvalue weighted by Gasteiger charge is 2.45. The van der Waals surface area contributed by atoms with E-state index in [0.29, 0.717) is 0 Å². The second-order valence-electron chi connectivity index (χ2n) is 18.3. The molecule has 9 aromatic rings. The van der Waals surface area contributed by atoms with E-state index in [9.17, 15) is 0 Å². The van der Waals surface area contributed by atoms with E-state index in [4.69, 9.17) is 0 Å². The van der Waals surface area contributed by atoms with Crippen LogP contribution in [0.5, 0.6) is 0 Å². The Labute approximate surface area is 372 Å². The third kappa shape index (κ3) is 5.83. The summed E-state index contributed by atoms with van der Waals surface area (Å²) < 4.78 is 0. The first kappa shape index (κ1) is 37.5. The summed E-state index contributed by atoms with van der Waals surface area (Å²) in [6, 6.07) is 79.4. The van der Waals surface area contributed by atoms with Gasteiger partial charge in [0, 0.05) is 27.8 Å². The Morgan fingerprint density at radius 1 is 0.333 bits per heavy atom. The van der Waals surface area contributed by atoms with Crippen molar-refractivity contribution in [3.8, 4) is 66.8 Å². The summed E-state index contributed by atoms with van der Waals surface area (Å²) in [5, 5.41) is 0. The van der Waals surface area contributed by atoms with Crippen molar-refractivity contribution in [1.29, 1.82) is 0 Å². The molecule has 1 heteroatoms. The Bertz CT molecular complexity index is 3200. The standard InChI is InChI=1S/C62H49N/c1-61(2)56-30-13-10-26-52(56)55-29-18-28-47(60(55)61)43-33-35-44(36-34-43)63(45-37-38-53-51-25-11-14-31-57(51)62(58(53)41-45)39-16-17-40-62)59-32-15-12-27-54(59)50-24-9-8-23-49(50)48-22-7-6-21-46(48)42-19-4-3-5-20-42/h3-15,18-38,41H,16-17,39-40H2,1-2H3. The zero-order valence-corrected chi connectivity index (χ0v) is 36.0. The Morgan fingerprint density at radius 3 is 1.52 bits per heavy atom. The van der Waals surface area contributed by atoms with Crippen molar-refractivity contribution in [2.75, 3.05) is 4.90 Å². The summed E-state index contributed by atoms with van der Waals surface area (Å²) in [4.78, 5) is 2.53. The van der Waals surface area contributed by atoms with Crippen molar-refractivity contribution < 1.29 is 0 Å². The van der Waals surface area contributed by atoms with Crippen LogP contribution in [0.3, 0.4) is 0 Å². The van der Waals surface area contributed by atoms with Crippen molar-refractivity contribution in [3.63, 3.8) is 0 Å². The predicted molar refractivity (Wildman–Crippen MR) is 265 cm³/mol. The third-order valence-corrected chi connectivity index (χ3v) is 14.6. The molecule has 1 fully saturated rings. The summed E-state index contributed by atoms with van der Waals surface area (Å²) >= 11 is 0. The maximum Gasteiger partial charge on any atom is 0.0540 e. The van der Waals surface area contributed by atoms with Gasteiger partial charge in [-0.15, -0.1) is 0 Å². The number of hydrogen-bond donors (Lipinski definition) is 0. The molecule has 0 aliphatic heterocycles. The normalized spacial score (nSPS) is 14.8. The molecule has 302 valence electrons. The lowest BCUT2D eigenvalue weighted by Gasteiger charge is -2.31. The van der Waals surface area contributed by atoms with Gasteiger partial charge in [-0.1, -0.05) is 209 Å². The molecule has 12 rings (SSSR count). The van der Waals surface area contributed by atoms with Gasteiger partial charge in [0.15, 0.2) is 0 Å². The maximum atomic E-state index is 2.55. The van der Waals surface area contributed by atoms with Gasteiger partial charge in [-0.05, 0) is 127 Å². The lowest BCUT2D eigenvalue weighted by atomic mass is 9.76. The van der Waals surface area contributed by atoms with Gasteiger partial charge >= 0.3 is 0 Å². The molecule has 0 N–H and O–H groups in total. The van der Waals surface area contributed by atoms with Gasteiger partial charge in [0.05, 0.1) is 5.69 Å². The number of rotatable bonds is 7. The highest BCUT2D eigenvalue weighted by molar-refractivity contribution is 5.98. The molecular formula is C62H49N. The smallest absolute Gasteiger partial charge is 0.0540 e. The monoisotopic (exact) mass is 807 g/mol. The molecule has 1 saturated carbocycles. The molecule has 0 bridgehead atoms. The van der Waals surface area contributed by atoms with Crippen molar-refractivity contribution in [2.45, 2.75) is 50.4 Å². The Balaban J connectivity index is 1.04. The molecule has 0 radical (unpaired) electrons. The van der Waals surface area contributed by atoms with Gasteiger partial charge < -0.3 is 4.90 Å². The van der Waals surface area contributed by atoms with Gasteiger partial charge in [-0.3, -0.25) is 0 Å². The van der Waals surface area contributed by atoms with Crippen LogP contribution in [-0.4, -0.2) is 0 Å². The Hall–Kier alpha value is -7.22. The molecule has 0 saturated heterocycles. The van der Waals surface area contributed by atoms with E-state index in [-0.39, 0.29) is 10.8 Å². The Morgan fingerprint density at radius 2 is 0.810 bits per heavy atom. The lowest BCUT2D eigenvalue weighted by Crippen LogP contribution is -2.21. The predicted octanol–water partition coefficient (Wildman–Crippen LogP) is 17.0. The third-order valence-electron chi connectivity index (χ3n) is 14.6. The fourth-order valence-corrected chi connectivity index (χ4v) is 11.8. The van der Waals surface area contributed by atoms with Crippen LogP contribution in [0.25, 0.3) is 66.8 Å². The van der Waals surface area contributed by atoms with E-state index in [1.807, 2.05) is 0 Å². The van der Waals surface area contributed by atoms with E-state index in [1.165, 1.54) is 120 Å². The zero-order valence-electron chi connectivity index (χ0n) is 36.0. The highest BCUT2D eigenvalue weighted by atomic mass is 15.1. The molecule has 1 spiro atoms. The number of nitrogens with zero attached hydrogens (tertiary/aromatic N) is 1. The van der Waals surface area contributed by atoms with E-state index in [1.54, 1.807) is 0 Å².